The molecule has 3 rings (SSSR count). The number of halogens is 2. The summed E-state index contributed by atoms with van der Waals surface area (Å²) in [6.07, 6.45) is 3.03. The van der Waals surface area contributed by atoms with E-state index in [0.717, 1.165) is 0 Å². The van der Waals surface area contributed by atoms with Gasteiger partial charge in [-0.15, -0.1) is 0 Å². The van der Waals surface area contributed by atoms with E-state index in [9.17, 15) is 18.4 Å². The van der Waals surface area contributed by atoms with Gasteiger partial charge in [-0.25, -0.2) is 8.78 Å². The Hall–Kier alpha value is -3.06. The van der Waals surface area contributed by atoms with Crippen LogP contribution < -0.4 is 5.32 Å². The number of amides is 2. The number of benzene rings is 2. The molecule has 0 aromatic heterocycles. The number of nitrogens with one attached hydrogen (secondary N) is 1. The molecule has 146 valence electrons. The first-order chi connectivity index (χ1) is 13.5. The summed E-state index contributed by atoms with van der Waals surface area (Å²) in [5.74, 6) is -1.02. The number of hydrogen-bond donors (Lipinski definition) is 1. The minimum Gasteiger partial charge on any atom is -0.337 e. The molecule has 1 aliphatic rings. The van der Waals surface area contributed by atoms with Gasteiger partial charge in [-0.1, -0.05) is 12.1 Å². The molecule has 2 amide bonds. The molecule has 0 unspecified atom stereocenters. The van der Waals surface area contributed by atoms with Crippen LogP contribution in [-0.4, -0.2) is 54.3 Å². The monoisotopic (exact) mass is 385 g/mol. The molecule has 0 aliphatic carbocycles. The van der Waals surface area contributed by atoms with Crippen LogP contribution in [0.5, 0.6) is 0 Å². The van der Waals surface area contributed by atoms with Crippen LogP contribution in [0.25, 0.3) is 6.08 Å². The van der Waals surface area contributed by atoms with E-state index in [0.29, 0.717) is 37.4 Å². The van der Waals surface area contributed by atoms with Crippen LogP contribution in [-0.2, 0) is 9.59 Å². The van der Waals surface area contributed by atoms with E-state index in [1.54, 1.807) is 23.1 Å². The largest absolute Gasteiger partial charge is 0.337 e. The summed E-state index contributed by atoms with van der Waals surface area (Å²) in [7, 11) is 0. The second-order valence-electron chi connectivity index (χ2n) is 6.54. The summed E-state index contributed by atoms with van der Waals surface area (Å²) >= 11 is 0. The summed E-state index contributed by atoms with van der Waals surface area (Å²) in [4.78, 5) is 28.0. The summed E-state index contributed by atoms with van der Waals surface area (Å²) in [5, 5.41) is 2.72. The molecule has 1 aliphatic heterocycles. The van der Waals surface area contributed by atoms with E-state index in [4.69, 9.17) is 0 Å². The van der Waals surface area contributed by atoms with E-state index in [-0.39, 0.29) is 30.0 Å². The number of piperazine rings is 1. The molecule has 28 heavy (non-hydrogen) atoms. The third-order valence-corrected chi connectivity index (χ3v) is 4.45. The Bertz CT molecular complexity index is 860. The van der Waals surface area contributed by atoms with Gasteiger partial charge in [0.25, 0.3) is 0 Å². The lowest BCUT2D eigenvalue weighted by Crippen LogP contribution is -2.50. The SMILES string of the molecule is O=C(CN1CCN(C(=O)/C=C/c2cccc(F)c2)CC1)Nc1ccc(F)cc1. The fraction of sp³-hybridized carbons (Fsp3) is 0.238. The van der Waals surface area contributed by atoms with Crippen LogP contribution in [0, 0.1) is 11.6 Å². The molecule has 0 spiro atoms. The highest BCUT2D eigenvalue weighted by Crippen LogP contribution is 2.10. The average molecular weight is 385 g/mol. The van der Waals surface area contributed by atoms with Gasteiger partial charge < -0.3 is 10.2 Å². The molecular formula is C21H21F2N3O2. The van der Waals surface area contributed by atoms with Gasteiger partial charge in [0.05, 0.1) is 6.54 Å². The van der Waals surface area contributed by atoms with Crippen molar-refractivity contribution >= 4 is 23.6 Å². The molecule has 2 aromatic rings. The Kier molecular flexibility index (Phi) is 6.49. The Labute approximate surface area is 162 Å². The molecule has 7 heteroatoms. The quantitative estimate of drug-likeness (QED) is 0.806. The Morgan fingerprint density at radius 1 is 0.964 bits per heavy atom. The normalized spacial score (nSPS) is 15.0. The number of carbonyl (C=O) groups excluding carboxylic acids is 2. The smallest absolute Gasteiger partial charge is 0.246 e. The fourth-order valence-corrected chi connectivity index (χ4v) is 2.95. The summed E-state index contributed by atoms with van der Waals surface area (Å²) in [6.45, 7) is 2.39. The van der Waals surface area contributed by atoms with Crippen molar-refractivity contribution in [3.05, 3.63) is 71.8 Å². The van der Waals surface area contributed by atoms with Gasteiger partial charge in [-0.3, -0.25) is 14.5 Å². The number of anilines is 1. The van der Waals surface area contributed by atoms with E-state index in [2.05, 4.69) is 5.32 Å². The highest BCUT2D eigenvalue weighted by atomic mass is 19.1. The lowest BCUT2D eigenvalue weighted by molar-refractivity contribution is -0.127. The molecule has 0 radical (unpaired) electrons. The highest BCUT2D eigenvalue weighted by Gasteiger charge is 2.21. The van der Waals surface area contributed by atoms with Crippen molar-refractivity contribution in [1.29, 1.82) is 0 Å². The average Bonchev–Trinajstić information content (AvgIpc) is 2.68. The lowest BCUT2D eigenvalue weighted by Gasteiger charge is -2.33. The molecule has 1 heterocycles. The van der Waals surface area contributed by atoms with Crippen molar-refractivity contribution in [2.45, 2.75) is 0 Å². The predicted octanol–water partition coefficient (Wildman–Crippen LogP) is 2.76. The number of hydrogen-bond acceptors (Lipinski definition) is 3. The fourth-order valence-electron chi connectivity index (χ4n) is 2.95. The minimum absolute atomic E-state index is 0.139. The molecule has 1 N–H and O–H groups in total. The van der Waals surface area contributed by atoms with Gasteiger partial charge in [0.15, 0.2) is 0 Å². The van der Waals surface area contributed by atoms with Crippen molar-refractivity contribution in [1.82, 2.24) is 9.80 Å². The van der Waals surface area contributed by atoms with Crippen LogP contribution in [0.1, 0.15) is 5.56 Å². The van der Waals surface area contributed by atoms with Gasteiger partial charge in [0, 0.05) is 37.9 Å². The van der Waals surface area contributed by atoms with E-state index >= 15 is 0 Å². The summed E-state index contributed by atoms with van der Waals surface area (Å²) in [6, 6.07) is 11.6. The molecule has 1 saturated heterocycles. The Morgan fingerprint density at radius 2 is 1.68 bits per heavy atom. The maximum atomic E-state index is 13.2. The maximum absolute atomic E-state index is 13.2. The van der Waals surface area contributed by atoms with Gasteiger partial charge in [-0.2, -0.15) is 0 Å². The molecule has 2 aromatic carbocycles. The van der Waals surface area contributed by atoms with Crippen molar-refractivity contribution < 1.29 is 18.4 Å². The number of rotatable bonds is 5. The second-order valence-corrected chi connectivity index (χ2v) is 6.54. The summed E-state index contributed by atoms with van der Waals surface area (Å²) < 4.78 is 26.1. The molecule has 1 fully saturated rings. The van der Waals surface area contributed by atoms with Crippen LogP contribution in [0.3, 0.4) is 0 Å². The van der Waals surface area contributed by atoms with Gasteiger partial charge in [0.2, 0.25) is 11.8 Å². The number of nitrogens with zero attached hydrogens (tertiary/aromatic N) is 2. The molecule has 5 nitrogen and oxygen atoms in total. The molecular weight excluding hydrogens is 364 g/mol. The van der Waals surface area contributed by atoms with Crippen LogP contribution >= 0.6 is 0 Å². The lowest BCUT2D eigenvalue weighted by atomic mass is 10.2. The topological polar surface area (TPSA) is 52.7 Å². The molecule has 0 saturated carbocycles. The third-order valence-electron chi connectivity index (χ3n) is 4.45. The van der Waals surface area contributed by atoms with Crippen molar-refractivity contribution in [3.8, 4) is 0 Å². The third kappa shape index (κ3) is 5.72. The first-order valence-electron chi connectivity index (χ1n) is 9.00. The van der Waals surface area contributed by atoms with Crippen molar-refractivity contribution in [2.75, 3.05) is 38.0 Å². The predicted molar refractivity (Wildman–Crippen MR) is 103 cm³/mol. The molecule has 0 bridgehead atoms. The first kappa shape index (κ1) is 19.7. The van der Waals surface area contributed by atoms with Gasteiger partial charge in [-0.05, 0) is 48.0 Å². The van der Waals surface area contributed by atoms with Crippen LogP contribution in [0.4, 0.5) is 14.5 Å². The van der Waals surface area contributed by atoms with Gasteiger partial charge in [0.1, 0.15) is 11.6 Å². The zero-order valence-corrected chi connectivity index (χ0v) is 15.3. The second kappa shape index (κ2) is 9.23. The Morgan fingerprint density at radius 3 is 2.36 bits per heavy atom. The standard InChI is InChI=1S/C21H21F2N3O2/c22-17-5-7-19(8-6-17)24-20(27)15-25-10-12-26(13-11-25)21(28)9-4-16-2-1-3-18(23)14-16/h1-9,14H,10-13,15H2,(H,24,27)/b9-4+. The first-order valence-corrected chi connectivity index (χ1v) is 9.00. The van der Waals surface area contributed by atoms with Crippen LogP contribution in [0.2, 0.25) is 0 Å². The van der Waals surface area contributed by atoms with Crippen molar-refractivity contribution in [3.63, 3.8) is 0 Å². The zero-order valence-electron chi connectivity index (χ0n) is 15.3. The Balaban J connectivity index is 1.44. The van der Waals surface area contributed by atoms with Crippen molar-refractivity contribution in [2.24, 2.45) is 0 Å². The number of carbonyl (C=O) groups is 2. The highest BCUT2D eigenvalue weighted by molar-refractivity contribution is 5.93. The summed E-state index contributed by atoms with van der Waals surface area (Å²) in [5.41, 5.74) is 1.17. The van der Waals surface area contributed by atoms with E-state index < -0.39 is 0 Å². The minimum atomic E-state index is -0.356. The molecule has 0 atom stereocenters. The van der Waals surface area contributed by atoms with Crippen LogP contribution in [0.15, 0.2) is 54.6 Å². The maximum Gasteiger partial charge on any atom is 0.246 e. The van der Waals surface area contributed by atoms with E-state index in [1.165, 1.54) is 42.5 Å². The zero-order chi connectivity index (χ0) is 19.9. The van der Waals surface area contributed by atoms with Gasteiger partial charge >= 0.3 is 0 Å². The van der Waals surface area contributed by atoms with E-state index in [1.807, 2.05) is 4.90 Å².